The van der Waals surface area contributed by atoms with Gasteiger partial charge in [-0.05, 0) is 38.8 Å². The van der Waals surface area contributed by atoms with Gasteiger partial charge in [0.25, 0.3) is 5.91 Å². The highest BCUT2D eigenvalue weighted by Gasteiger charge is 2.39. The maximum Gasteiger partial charge on any atom is 0.326 e. The fourth-order valence-electron chi connectivity index (χ4n) is 1.90. The summed E-state index contributed by atoms with van der Waals surface area (Å²) in [6, 6.07) is 2.37. The van der Waals surface area contributed by atoms with Crippen molar-refractivity contribution in [2.45, 2.75) is 38.8 Å². The molecule has 0 radical (unpaired) electrons. The second-order valence-corrected chi connectivity index (χ2v) is 5.76. The van der Waals surface area contributed by atoms with Crippen LogP contribution in [0.15, 0.2) is 12.1 Å². The number of thiophene rings is 1. The van der Waals surface area contributed by atoms with Crippen LogP contribution in [0.4, 0.5) is 0 Å². The zero-order chi connectivity index (χ0) is 14.2. The van der Waals surface area contributed by atoms with E-state index in [0.717, 1.165) is 24.2 Å². The number of carbonyl (C=O) groups excluding carboxylic acids is 2. The van der Waals surface area contributed by atoms with Crippen LogP contribution in [0.1, 0.15) is 46.0 Å². The van der Waals surface area contributed by atoms with Gasteiger partial charge in [-0.25, -0.2) is 4.79 Å². The lowest BCUT2D eigenvalue weighted by Gasteiger charge is -2.25. The van der Waals surface area contributed by atoms with Gasteiger partial charge in [0.2, 0.25) is 0 Å². The quantitative estimate of drug-likeness (QED) is 0.838. The molecule has 0 bridgehead atoms. The van der Waals surface area contributed by atoms with Crippen LogP contribution in [0.5, 0.6) is 0 Å². The van der Waals surface area contributed by atoms with Gasteiger partial charge in [-0.15, -0.1) is 11.3 Å². The van der Waals surface area contributed by atoms with E-state index in [1.807, 2.05) is 0 Å². The first-order valence-electron chi connectivity index (χ1n) is 6.08. The summed E-state index contributed by atoms with van der Waals surface area (Å²) in [5.41, 5.74) is 0. The Morgan fingerprint density at radius 2 is 1.89 bits per heavy atom. The molecule has 19 heavy (non-hydrogen) atoms. The number of nitrogens with zero attached hydrogens (tertiary/aromatic N) is 1. The second-order valence-electron chi connectivity index (χ2n) is 4.68. The fraction of sp³-hybridized carbons (Fsp3) is 0.462. The molecule has 2 rings (SSSR count). The Bertz CT molecular complexity index is 533. The summed E-state index contributed by atoms with van der Waals surface area (Å²) in [5.74, 6) is -1.40. The summed E-state index contributed by atoms with van der Waals surface area (Å²) in [4.78, 5) is 37.0. The molecular weight excluding hydrogens is 266 g/mol. The lowest BCUT2D eigenvalue weighted by atomic mass is 10.2. The Morgan fingerprint density at radius 3 is 2.32 bits per heavy atom. The Balaban J connectivity index is 2.23. The molecule has 102 valence electrons. The van der Waals surface area contributed by atoms with E-state index in [4.69, 9.17) is 5.11 Å². The number of carboxylic acids is 1. The van der Waals surface area contributed by atoms with Crippen LogP contribution in [0.2, 0.25) is 0 Å². The van der Waals surface area contributed by atoms with Crippen molar-refractivity contribution in [3.05, 3.63) is 21.9 Å². The molecule has 1 fully saturated rings. The summed E-state index contributed by atoms with van der Waals surface area (Å²) in [7, 11) is 0. The van der Waals surface area contributed by atoms with Crippen LogP contribution in [0, 0.1) is 0 Å². The van der Waals surface area contributed by atoms with Gasteiger partial charge in [-0.2, -0.15) is 0 Å². The van der Waals surface area contributed by atoms with Crippen molar-refractivity contribution < 1.29 is 19.5 Å². The smallest absolute Gasteiger partial charge is 0.326 e. The number of carboxylic acid groups (broad SMARTS) is 1. The van der Waals surface area contributed by atoms with Gasteiger partial charge in [-0.1, -0.05) is 0 Å². The molecule has 1 aromatic heterocycles. The number of rotatable bonds is 5. The molecule has 1 aliphatic rings. The van der Waals surface area contributed by atoms with Crippen molar-refractivity contribution in [3.63, 3.8) is 0 Å². The Morgan fingerprint density at radius 1 is 1.32 bits per heavy atom. The first-order chi connectivity index (χ1) is 8.91. The number of amides is 1. The molecule has 1 aromatic rings. The number of hydrogen-bond donors (Lipinski definition) is 1. The summed E-state index contributed by atoms with van der Waals surface area (Å²) in [6.45, 7) is 2.96. The van der Waals surface area contributed by atoms with Crippen LogP contribution in [0.25, 0.3) is 0 Å². The van der Waals surface area contributed by atoms with E-state index < -0.39 is 12.0 Å². The molecule has 0 spiro atoms. The lowest BCUT2D eigenvalue weighted by Crippen LogP contribution is -2.44. The average Bonchev–Trinajstić information content (AvgIpc) is 3.04. The molecule has 0 aromatic carbocycles. The van der Waals surface area contributed by atoms with E-state index in [-0.39, 0.29) is 17.7 Å². The minimum atomic E-state index is -1.01. The highest BCUT2D eigenvalue weighted by Crippen LogP contribution is 2.31. The van der Waals surface area contributed by atoms with Crippen molar-refractivity contribution in [2.75, 3.05) is 0 Å². The topological polar surface area (TPSA) is 74.7 Å². The van der Waals surface area contributed by atoms with Crippen molar-refractivity contribution in [1.82, 2.24) is 4.90 Å². The Hall–Kier alpha value is -1.69. The SMILES string of the molecule is CC(=O)c1ccc(C(=O)N(C2CC2)C(C)C(=O)O)s1. The molecule has 0 aliphatic heterocycles. The molecule has 6 heteroatoms. The molecule has 1 atom stereocenters. The maximum atomic E-state index is 12.4. The molecule has 0 saturated heterocycles. The largest absolute Gasteiger partial charge is 0.480 e. The molecule has 1 saturated carbocycles. The highest BCUT2D eigenvalue weighted by molar-refractivity contribution is 7.15. The van der Waals surface area contributed by atoms with E-state index in [9.17, 15) is 14.4 Å². The van der Waals surface area contributed by atoms with Crippen LogP contribution in [-0.2, 0) is 4.79 Å². The number of ketones is 1. The molecule has 5 nitrogen and oxygen atoms in total. The van der Waals surface area contributed by atoms with E-state index in [1.165, 1.54) is 18.7 Å². The van der Waals surface area contributed by atoms with E-state index in [2.05, 4.69) is 0 Å². The van der Waals surface area contributed by atoms with Crippen molar-refractivity contribution in [1.29, 1.82) is 0 Å². The first-order valence-corrected chi connectivity index (χ1v) is 6.89. The van der Waals surface area contributed by atoms with E-state index in [0.29, 0.717) is 9.75 Å². The normalized spacial score (nSPS) is 15.9. The summed E-state index contributed by atoms with van der Waals surface area (Å²) >= 11 is 1.12. The number of carbonyl (C=O) groups is 3. The highest BCUT2D eigenvalue weighted by atomic mass is 32.1. The first kappa shape index (κ1) is 13.7. The zero-order valence-corrected chi connectivity index (χ0v) is 11.6. The van der Waals surface area contributed by atoms with Gasteiger partial charge in [0.05, 0.1) is 9.75 Å². The minimum absolute atomic E-state index is 0.0153. The second kappa shape index (κ2) is 5.13. The van der Waals surface area contributed by atoms with Gasteiger partial charge in [-0.3, -0.25) is 9.59 Å². The summed E-state index contributed by atoms with van der Waals surface area (Å²) in [5, 5.41) is 9.07. The summed E-state index contributed by atoms with van der Waals surface area (Å²) in [6.07, 6.45) is 1.68. The fourth-order valence-corrected chi connectivity index (χ4v) is 2.74. The van der Waals surface area contributed by atoms with Gasteiger partial charge < -0.3 is 10.0 Å². The third kappa shape index (κ3) is 2.84. The average molecular weight is 281 g/mol. The van der Waals surface area contributed by atoms with Crippen LogP contribution in [-0.4, -0.2) is 39.7 Å². The van der Waals surface area contributed by atoms with Gasteiger partial charge >= 0.3 is 5.97 Å². The lowest BCUT2D eigenvalue weighted by molar-refractivity contribution is -0.141. The number of hydrogen-bond acceptors (Lipinski definition) is 4. The third-order valence-corrected chi connectivity index (χ3v) is 4.29. The predicted octanol–water partition coefficient (Wildman–Crippen LogP) is 2.03. The molecular formula is C13H15NO4S. The van der Waals surface area contributed by atoms with Crippen molar-refractivity contribution >= 4 is 29.0 Å². The molecule has 1 aliphatic carbocycles. The van der Waals surface area contributed by atoms with Crippen LogP contribution < -0.4 is 0 Å². The van der Waals surface area contributed by atoms with Gasteiger partial charge in [0.1, 0.15) is 6.04 Å². The standard InChI is InChI=1S/C13H15NO4S/c1-7(13(17)18)14(9-3-4-9)12(16)11-6-5-10(19-11)8(2)15/h5-7,9H,3-4H2,1-2H3,(H,17,18). The maximum absolute atomic E-state index is 12.4. The Labute approximate surface area is 114 Å². The molecule has 1 heterocycles. The molecule has 1 amide bonds. The monoisotopic (exact) mass is 281 g/mol. The third-order valence-electron chi connectivity index (χ3n) is 3.11. The minimum Gasteiger partial charge on any atom is -0.480 e. The van der Waals surface area contributed by atoms with Crippen molar-refractivity contribution in [2.24, 2.45) is 0 Å². The summed E-state index contributed by atoms with van der Waals surface area (Å²) < 4.78 is 0. The van der Waals surface area contributed by atoms with E-state index in [1.54, 1.807) is 12.1 Å². The van der Waals surface area contributed by atoms with Crippen LogP contribution >= 0.6 is 11.3 Å². The van der Waals surface area contributed by atoms with E-state index >= 15 is 0 Å². The predicted molar refractivity (Wildman–Crippen MR) is 70.6 cm³/mol. The molecule has 1 N–H and O–H groups in total. The number of aliphatic carboxylic acids is 1. The zero-order valence-electron chi connectivity index (χ0n) is 10.8. The van der Waals surface area contributed by atoms with Crippen LogP contribution in [0.3, 0.4) is 0 Å². The molecule has 1 unspecified atom stereocenters. The van der Waals surface area contributed by atoms with Crippen molar-refractivity contribution in [3.8, 4) is 0 Å². The number of Topliss-reactive ketones (excluding diaryl/α,β-unsaturated/α-hetero) is 1. The van der Waals surface area contributed by atoms with Gasteiger partial charge in [0.15, 0.2) is 5.78 Å². The van der Waals surface area contributed by atoms with Gasteiger partial charge in [0, 0.05) is 6.04 Å². The Kier molecular flexibility index (Phi) is 3.71.